The number of hydrogen-bond donors (Lipinski definition) is 2. The van der Waals surface area contributed by atoms with Crippen molar-refractivity contribution >= 4 is 17.0 Å². The number of hydrogen-bond acceptors (Lipinski definition) is 7. The Morgan fingerprint density at radius 2 is 2.04 bits per heavy atom. The van der Waals surface area contributed by atoms with Crippen molar-refractivity contribution in [2.45, 2.75) is 31.3 Å². The first-order valence-corrected chi connectivity index (χ1v) is 8.47. The largest absolute Gasteiger partial charge is 0.394 e. The van der Waals surface area contributed by atoms with Gasteiger partial charge in [0.25, 0.3) is 0 Å². The molecule has 0 saturated carbocycles. The number of aliphatic hydroxyl groups is 2. The molecule has 3 rings (SSSR count). The molecule has 0 spiro atoms. The SMILES string of the molecule is C#CCCN(c1ncnc2c1ncn2C(CO)CO)C1CCOCC1. The molecule has 2 aromatic rings. The fourth-order valence-corrected chi connectivity index (χ4v) is 3.19. The van der Waals surface area contributed by atoms with Crippen LogP contribution in [0.15, 0.2) is 12.7 Å². The molecule has 0 atom stereocenters. The third-order valence-corrected chi connectivity index (χ3v) is 4.56. The van der Waals surface area contributed by atoms with Gasteiger partial charge >= 0.3 is 0 Å². The molecular formula is C17H23N5O3. The summed E-state index contributed by atoms with van der Waals surface area (Å²) in [4.78, 5) is 15.4. The van der Waals surface area contributed by atoms with Crippen molar-refractivity contribution in [2.75, 3.05) is 37.9 Å². The minimum atomic E-state index is -0.477. The van der Waals surface area contributed by atoms with Crippen molar-refractivity contribution in [1.29, 1.82) is 0 Å². The molecule has 8 heteroatoms. The van der Waals surface area contributed by atoms with Crippen LogP contribution in [0.3, 0.4) is 0 Å². The summed E-state index contributed by atoms with van der Waals surface area (Å²) in [6.07, 6.45) is 11.0. The van der Waals surface area contributed by atoms with Crippen LogP contribution in [0.2, 0.25) is 0 Å². The highest BCUT2D eigenvalue weighted by atomic mass is 16.5. The molecular weight excluding hydrogens is 322 g/mol. The molecule has 25 heavy (non-hydrogen) atoms. The van der Waals surface area contributed by atoms with Crippen molar-refractivity contribution in [3.05, 3.63) is 12.7 Å². The lowest BCUT2D eigenvalue weighted by molar-refractivity contribution is 0.0844. The number of aromatic nitrogens is 4. The topological polar surface area (TPSA) is 96.5 Å². The Hall–Kier alpha value is -2.21. The highest BCUT2D eigenvalue weighted by Gasteiger charge is 2.26. The Labute approximate surface area is 146 Å². The summed E-state index contributed by atoms with van der Waals surface area (Å²) < 4.78 is 7.15. The maximum Gasteiger partial charge on any atom is 0.165 e. The molecule has 8 nitrogen and oxygen atoms in total. The van der Waals surface area contributed by atoms with Gasteiger partial charge in [-0.1, -0.05) is 0 Å². The van der Waals surface area contributed by atoms with Gasteiger partial charge in [0.1, 0.15) is 6.33 Å². The second-order valence-corrected chi connectivity index (χ2v) is 6.03. The van der Waals surface area contributed by atoms with E-state index in [1.165, 1.54) is 6.33 Å². The van der Waals surface area contributed by atoms with Crippen molar-refractivity contribution < 1.29 is 14.9 Å². The lowest BCUT2D eigenvalue weighted by atomic mass is 10.1. The van der Waals surface area contributed by atoms with Gasteiger partial charge in [-0.05, 0) is 12.8 Å². The predicted molar refractivity (Wildman–Crippen MR) is 93.2 cm³/mol. The zero-order valence-electron chi connectivity index (χ0n) is 14.1. The van der Waals surface area contributed by atoms with Gasteiger partial charge < -0.3 is 24.4 Å². The minimum Gasteiger partial charge on any atom is -0.394 e. The molecule has 1 aliphatic heterocycles. The van der Waals surface area contributed by atoms with Gasteiger partial charge in [0.15, 0.2) is 17.0 Å². The summed E-state index contributed by atoms with van der Waals surface area (Å²) in [5.41, 5.74) is 1.24. The molecule has 134 valence electrons. The van der Waals surface area contributed by atoms with Gasteiger partial charge in [-0.15, -0.1) is 12.3 Å². The van der Waals surface area contributed by atoms with Crippen LogP contribution in [0.1, 0.15) is 25.3 Å². The molecule has 0 aliphatic carbocycles. The van der Waals surface area contributed by atoms with Gasteiger partial charge in [0.2, 0.25) is 0 Å². The Bertz CT molecular complexity index is 731. The van der Waals surface area contributed by atoms with Crippen LogP contribution in [0.4, 0.5) is 5.82 Å². The van der Waals surface area contributed by atoms with E-state index in [1.54, 1.807) is 10.9 Å². The van der Waals surface area contributed by atoms with Crippen molar-refractivity contribution in [3.63, 3.8) is 0 Å². The lowest BCUT2D eigenvalue weighted by Crippen LogP contribution is -2.40. The van der Waals surface area contributed by atoms with Crippen molar-refractivity contribution in [1.82, 2.24) is 19.5 Å². The Kier molecular flexibility index (Phi) is 5.81. The molecule has 3 heterocycles. The third kappa shape index (κ3) is 3.58. The number of ether oxygens (including phenoxy) is 1. The van der Waals surface area contributed by atoms with Gasteiger partial charge in [0.05, 0.1) is 25.6 Å². The quantitative estimate of drug-likeness (QED) is 0.700. The first-order valence-electron chi connectivity index (χ1n) is 8.47. The van der Waals surface area contributed by atoms with Gasteiger partial charge in [0, 0.05) is 32.2 Å². The van der Waals surface area contributed by atoms with E-state index in [1.807, 2.05) is 0 Å². The Morgan fingerprint density at radius 3 is 2.72 bits per heavy atom. The van der Waals surface area contributed by atoms with Crippen LogP contribution in [-0.2, 0) is 4.74 Å². The fourth-order valence-electron chi connectivity index (χ4n) is 3.19. The average Bonchev–Trinajstić information content (AvgIpc) is 3.09. The van der Waals surface area contributed by atoms with E-state index in [9.17, 15) is 10.2 Å². The van der Waals surface area contributed by atoms with Crippen LogP contribution >= 0.6 is 0 Å². The third-order valence-electron chi connectivity index (χ3n) is 4.56. The average molecular weight is 345 g/mol. The molecule has 2 N–H and O–H groups in total. The van der Waals surface area contributed by atoms with E-state index < -0.39 is 6.04 Å². The molecule has 1 fully saturated rings. The van der Waals surface area contributed by atoms with Crippen LogP contribution in [0.25, 0.3) is 11.2 Å². The van der Waals surface area contributed by atoms with Crippen LogP contribution < -0.4 is 4.90 Å². The second-order valence-electron chi connectivity index (χ2n) is 6.03. The summed E-state index contributed by atoms with van der Waals surface area (Å²) >= 11 is 0. The molecule has 1 aliphatic rings. The summed E-state index contributed by atoms with van der Waals surface area (Å²) in [6.45, 7) is 1.74. The molecule has 0 aromatic carbocycles. The second kappa shape index (κ2) is 8.25. The lowest BCUT2D eigenvalue weighted by Gasteiger charge is -2.34. The standard InChI is InChI=1S/C17H23N5O3/c1-2-3-6-21(13-4-7-25-8-5-13)16-15-17(19-11-18-16)22(12-20-15)14(9-23)10-24/h1,11-14,23-24H,3-10H2. The van der Waals surface area contributed by atoms with E-state index in [2.05, 4.69) is 25.8 Å². The van der Waals surface area contributed by atoms with Crippen LogP contribution in [0, 0.1) is 12.3 Å². The first-order chi connectivity index (χ1) is 12.3. The zero-order chi connectivity index (χ0) is 17.6. The maximum atomic E-state index is 9.46. The summed E-state index contributed by atoms with van der Waals surface area (Å²) in [6, 6.07) is -0.188. The Morgan fingerprint density at radius 1 is 1.28 bits per heavy atom. The fraction of sp³-hybridized carbons (Fsp3) is 0.588. The van der Waals surface area contributed by atoms with E-state index in [4.69, 9.17) is 11.2 Å². The number of aliphatic hydroxyl groups excluding tert-OH is 2. The van der Waals surface area contributed by atoms with Crippen molar-refractivity contribution in [3.8, 4) is 12.3 Å². The van der Waals surface area contributed by atoms with Crippen LogP contribution in [0.5, 0.6) is 0 Å². The molecule has 1 saturated heterocycles. The predicted octanol–water partition coefficient (Wildman–Crippen LogP) is 0.361. The van der Waals surface area contributed by atoms with Gasteiger partial charge in [-0.3, -0.25) is 0 Å². The number of imidazole rings is 1. The number of anilines is 1. The van der Waals surface area contributed by atoms with E-state index in [-0.39, 0.29) is 19.3 Å². The highest BCUT2D eigenvalue weighted by Crippen LogP contribution is 2.28. The van der Waals surface area contributed by atoms with E-state index >= 15 is 0 Å². The Balaban J connectivity index is 2.00. The molecule has 2 aromatic heterocycles. The maximum absolute atomic E-state index is 9.46. The first kappa shape index (κ1) is 17.6. The van der Waals surface area contributed by atoms with Crippen LogP contribution in [-0.4, -0.2) is 68.7 Å². The number of terminal acetylenes is 1. The molecule has 0 amide bonds. The summed E-state index contributed by atoms with van der Waals surface area (Å²) in [7, 11) is 0. The summed E-state index contributed by atoms with van der Waals surface area (Å²) in [5.74, 6) is 3.43. The minimum absolute atomic E-state index is 0.192. The van der Waals surface area contributed by atoms with E-state index in [0.29, 0.717) is 24.1 Å². The van der Waals surface area contributed by atoms with E-state index in [0.717, 1.165) is 31.9 Å². The zero-order valence-corrected chi connectivity index (χ0v) is 14.1. The smallest absolute Gasteiger partial charge is 0.165 e. The van der Waals surface area contributed by atoms with Gasteiger partial charge in [-0.25, -0.2) is 15.0 Å². The van der Waals surface area contributed by atoms with Crippen molar-refractivity contribution in [2.24, 2.45) is 0 Å². The molecule has 0 bridgehead atoms. The van der Waals surface area contributed by atoms with Gasteiger partial charge in [-0.2, -0.15) is 0 Å². The summed E-state index contributed by atoms with van der Waals surface area (Å²) in [5, 5.41) is 18.9. The monoisotopic (exact) mass is 345 g/mol. The molecule has 0 unspecified atom stereocenters. The highest BCUT2D eigenvalue weighted by molar-refractivity contribution is 5.83. The molecule has 0 radical (unpaired) electrons. The number of fused-ring (bicyclic) bond motifs is 1. The normalized spacial score (nSPS) is 15.6. The number of nitrogens with zero attached hydrogens (tertiary/aromatic N) is 5. The number of rotatable bonds is 7.